The van der Waals surface area contributed by atoms with Crippen molar-refractivity contribution in [2.75, 3.05) is 17.7 Å². The highest BCUT2D eigenvalue weighted by molar-refractivity contribution is 7.98. The smallest absolute Gasteiger partial charge is 0.411 e. The monoisotopic (exact) mass is 225 g/mol. The van der Waals surface area contributed by atoms with Gasteiger partial charge >= 0.3 is 6.09 Å². The minimum Gasteiger partial charge on any atom is -0.465 e. The topological polar surface area (TPSA) is 40.5 Å². The number of thioether (sulfide) groups is 1. The number of carboxylic acid groups (broad SMARTS) is 1. The first-order valence-electron chi connectivity index (χ1n) is 4.79. The summed E-state index contributed by atoms with van der Waals surface area (Å²) in [7, 11) is 1.57. The highest BCUT2D eigenvalue weighted by Gasteiger charge is 2.11. The van der Waals surface area contributed by atoms with Crippen LogP contribution in [0, 0.1) is 0 Å². The normalized spacial score (nSPS) is 10.0. The Balaban J connectivity index is 2.90. The third-order valence-electron chi connectivity index (χ3n) is 2.10. The largest absolute Gasteiger partial charge is 0.465 e. The van der Waals surface area contributed by atoms with Gasteiger partial charge in [-0.1, -0.05) is 25.1 Å². The van der Waals surface area contributed by atoms with E-state index < -0.39 is 6.09 Å². The molecular weight excluding hydrogens is 210 g/mol. The molecule has 0 atom stereocenters. The van der Waals surface area contributed by atoms with Gasteiger partial charge in [0.1, 0.15) is 0 Å². The van der Waals surface area contributed by atoms with Gasteiger partial charge in [0.25, 0.3) is 0 Å². The molecule has 0 saturated heterocycles. The van der Waals surface area contributed by atoms with Gasteiger partial charge in [-0.05, 0) is 17.4 Å². The summed E-state index contributed by atoms with van der Waals surface area (Å²) in [6.45, 7) is 2.09. The van der Waals surface area contributed by atoms with Crippen molar-refractivity contribution in [1.82, 2.24) is 0 Å². The van der Waals surface area contributed by atoms with Crippen LogP contribution in [0.1, 0.15) is 12.5 Å². The van der Waals surface area contributed by atoms with Crippen LogP contribution in [-0.4, -0.2) is 24.0 Å². The summed E-state index contributed by atoms with van der Waals surface area (Å²) >= 11 is 1.78. The average Bonchev–Trinajstić information content (AvgIpc) is 2.25. The first kappa shape index (κ1) is 11.9. The zero-order valence-corrected chi connectivity index (χ0v) is 9.75. The summed E-state index contributed by atoms with van der Waals surface area (Å²) in [5.74, 6) is 1.88. The summed E-state index contributed by atoms with van der Waals surface area (Å²) in [6.07, 6.45) is -0.927. The van der Waals surface area contributed by atoms with Crippen LogP contribution in [0.15, 0.2) is 24.3 Å². The van der Waals surface area contributed by atoms with E-state index in [1.807, 2.05) is 24.3 Å². The fourth-order valence-electron chi connectivity index (χ4n) is 1.28. The van der Waals surface area contributed by atoms with E-state index in [1.165, 1.54) is 4.90 Å². The number of para-hydroxylation sites is 1. The Morgan fingerprint density at radius 1 is 1.47 bits per heavy atom. The van der Waals surface area contributed by atoms with E-state index in [9.17, 15) is 4.79 Å². The lowest BCUT2D eigenvalue weighted by Crippen LogP contribution is -2.24. The molecule has 0 aromatic heterocycles. The molecule has 0 aliphatic heterocycles. The Hall–Kier alpha value is -1.16. The first-order valence-corrected chi connectivity index (χ1v) is 5.94. The third-order valence-corrected chi connectivity index (χ3v) is 3.02. The van der Waals surface area contributed by atoms with Crippen molar-refractivity contribution in [3.05, 3.63) is 29.8 Å². The number of amides is 1. The van der Waals surface area contributed by atoms with E-state index in [1.54, 1.807) is 18.8 Å². The molecule has 1 aromatic carbocycles. The Morgan fingerprint density at radius 2 is 2.13 bits per heavy atom. The van der Waals surface area contributed by atoms with Crippen LogP contribution in [-0.2, 0) is 5.75 Å². The fourth-order valence-corrected chi connectivity index (χ4v) is 1.94. The zero-order valence-electron chi connectivity index (χ0n) is 8.93. The molecule has 0 fully saturated rings. The van der Waals surface area contributed by atoms with Crippen molar-refractivity contribution in [3.8, 4) is 0 Å². The number of nitrogens with zero attached hydrogens (tertiary/aromatic N) is 1. The van der Waals surface area contributed by atoms with Crippen LogP contribution < -0.4 is 4.90 Å². The van der Waals surface area contributed by atoms with Crippen molar-refractivity contribution < 1.29 is 9.90 Å². The Labute approximate surface area is 94.1 Å². The van der Waals surface area contributed by atoms with Crippen LogP contribution in [0.3, 0.4) is 0 Å². The summed E-state index contributed by atoms with van der Waals surface area (Å²) in [5.41, 5.74) is 1.83. The van der Waals surface area contributed by atoms with Gasteiger partial charge in [0, 0.05) is 12.8 Å². The lowest BCUT2D eigenvalue weighted by Gasteiger charge is -2.17. The Morgan fingerprint density at radius 3 is 2.73 bits per heavy atom. The van der Waals surface area contributed by atoms with E-state index in [-0.39, 0.29) is 0 Å². The van der Waals surface area contributed by atoms with Crippen molar-refractivity contribution in [2.24, 2.45) is 0 Å². The number of benzene rings is 1. The van der Waals surface area contributed by atoms with Crippen molar-refractivity contribution in [2.45, 2.75) is 12.7 Å². The molecule has 0 bridgehead atoms. The van der Waals surface area contributed by atoms with Crippen LogP contribution in [0.5, 0.6) is 0 Å². The van der Waals surface area contributed by atoms with E-state index in [0.717, 1.165) is 22.8 Å². The molecule has 0 unspecified atom stereocenters. The summed E-state index contributed by atoms with van der Waals surface area (Å²) < 4.78 is 0. The second kappa shape index (κ2) is 5.66. The number of rotatable bonds is 4. The Bertz CT molecular complexity index is 341. The molecule has 3 nitrogen and oxygen atoms in total. The van der Waals surface area contributed by atoms with Gasteiger partial charge in [-0.3, -0.25) is 4.90 Å². The van der Waals surface area contributed by atoms with Gasteiger partial charge in [-0.25, -0.2) is 4.79 Å². The number of anilines is 1. The lowest BCUT2D eigenvalue weighted by atomic mass is 10.2. The molecule has 0 saturated carbocycles. The summed E-state index contributed by atoms with van der Waals surface area (Å²) in [5, 5.41) is 8.90. The lowest BCUT2D eigenvalue weighted by molar-refractivity contribution is 0.203. The molecule has 0 heterocycles. The number of hydrogen-bond acceptors (Lipinski definition) is 2. The van der Waals surface area contributed by atoms with E-state index in [4.69, 9.17) is 5.11 Å². The first-order chi connectivity index (χ1) is 7.16. The van der Waals surface area contributed by atoms with Crippen molar-refractivity contribution in [1.29, 1.82) is 0 Å². The summed E-state index contributed by atoms with van der Waals surface area (Å²) in [4.78, 5) is 12.1. The molecule has 0 aliphatic carbocycles. The van der Waals surface area contributed by atoms with Gasteiger partial charge in [0.2, 0.25) is 0 Å². The maximum Gasteiger partial charge on any atom is 0.411 e. The fraction of sp³-hybridized carbons (Fsp3) is 0.364. The molecule has 0 radical (unpaired) electrons. The van der Waals surface area contributed by atoms with Gasteiger partial charge in [0.05, 0.1) is 5.69 Å². The van der Waals surface area contributed by atoms with Crippen LogP contribution >= 0.6 is 11.8 Å². The highest BCUT2D eigenvalue weighted by atomic mass is 32.2. The second-order valence-electron chi connectivity index (χ2n) is 3.11. The summed E-state index contributed by atoms with van der Waals surface area (Å²) in [6, 6.07) is 7.59. The SMILES string of the molecule is CCSCc1ccccc1N(C)C(=O)O. The molecule has 0 aliphatic rings. The second-order valence-corrected chi connectivity index (χ2v) is 4.38. The molecule has 0 spiro atoms. The van der Waals surface area contributed by atoms with Gasteiger partial charge in [-0.15, -0.1) is 0 Å². The van der Waals surface area contributed by atoms with E-state index >= 15 is 0 Å². The molecular formula is C11H15NO2S. The van der Waals surface area contributed by atoms with Gasteiger partial charge in [0.15, 0.2) is 0 Å². The maximum absolute atomic E-state index is 10.8. The van der Waals surface area contributed by atoms with Gasteiger partial charge < -0.3 is 5.11 Å². The van der Waals surface area contributed by atoms with Gasteiger partial charge in [-0.2, -0.15) is 11.8 Å². The minimum atomic E-state index is -0.927. The molecule has 82 valence electrons. The predicted molar refractivity (Wildman–Crippen MR) is 64.7 cm³/mol. The number of carbonyl (C=O) groups is 1. The van der Waals surface area contributed by atoms with Crippen LogP contribution in [0.2, 0.25) is 0 Å². The molecule has 15 heavy (non-hydrogen) atoms. The molecule has 1 rings (SSSR count). The average molecular weight is 225 g/mol. The van der Waals surface area contributed by atoms with Crippen LogP contribution in [0.4, 0.5) is 10.5 Å². The Kier molecular flexibility index (Phi) is 4.49. The minimum absolute atomic E-state index is 0.769. The predicted octanol–water partition coefficient (Wildman–Crippen LogP) is 3.05. The maximum atomic E-state index is 10.8. The van der Waals surface area contributed by atoms with E-state index in [2.05, 4.69) is 6.92 Å². The zero-order chi connectivity index (χ0) is 11.3. The quantitative estimate of drug-likeness (QED) is 0.856. The van der Waals surface area contributed by atoms with Crippen molar-refractivity contribution in [3.63, 3.8) is 0 Å². The third kappa shape index (κ3) is 3.16. The highest BCUT2D eigenvalue weighted by Crippen LogP contribution is 2.23. The van der Waals surface area contributed by atoms with Crippen LogP contribution in [0.25, 0.3) is 0 Å². The molecule has 1 amide bonds. The number of hydrogen-bond donors (Lipinski definition) is 1. The molecule has 4 heteroatoms. The van der Waals surface area contributed by atoms with Crippen molar-refractivity contribution >= 4 is 23.5 Å². The van der Waals surface area contributed by atoms with E-state index in [0.29, 0.717) is 0 Å². The standard InChI is InChI=1S/C11H15NO2S/c1-3-15-8-9-6-4-5-7-10(9)12(2)11(13)14/h4-7H,3,8H2,1-2H3,(H,13,14). The molecule has 1 N–H and O–H groups in total. The molecule has 1 aromatic rings.